The number of rotatable bonds is 4. The van der Waals surface area contributed by atoms with Crippen molar-refractivity contribution < 1.29 is 14.0 Å². The van der Waals surface area contributed by atoms with Crippen LogP contribution in [-0.2, 0) is 11.8 Å². The fraction of sp³-hybridized carbons (Fsp3) is 0.158. The summed E-state index contributed by atoms with van der Waals surface area (Å²) in [6, 6.07) is 12.0. The van der Waals surface area contributed by atoms with Crippen LogP contribution in [0.15, 0.2) is 53.0 Å². The van der Waals surface area contributed by atoms with Crippen LogP contribution in [0.4, 0.5) is 4.39 Å². The summed E-state index contributed by atoms with van der Waals surface area (Å²) in [4.78, 5) is 26.4. The van der Waals surface area contributed by atoms with Crippen LogP contribution in [0.1, 0.15) is 22.1 Å². The average Bonchev–Trinajstić information content (AvgIpc) is 2.85. The number of hydrogen-bond acceptors (Lipinski definition) is 2. The lowest BCUT2D eigenvalue weighted by Gasteiger charge is -2.26. The van der Waals surface area contributed by atoms with E-state index in [1.54, 1.807) is 17.7 Å². The molecule has 134 valence electrons. The Labute approximate surface area is 158 Å². The van der Waals surface area contributed by atoms with Gasteiger partial charge in [0.15, 0.2) is 0 Å². The number of halogens is 2. The molecule has 1 unspecified atom stereocenters. The normalized spacial score (nSPS) is 12.2. The Morgan fingerprint density at radius 2 is 1.88 bits per heavy atom. The second kappa shape index (κ2) is 6.92. The van der Waals surface area contributed by atoms with Gasteiger partial charge < -0.3 is 15.2 Å². The van der Waals surface area contributed by atoms with Crippen LogP contribution in [0, 0.1) is 5.82 Å². The standard InChI is InChI=1S/C19H17BrFN3O2/c1-23-14-9-4-3-8-13(14)15(20)17(23)19(26)24(2)16(18(22)25)11-6-5-7-12(21)10-11/h3-10,16H,1-2H3,(H2,22,25). The summed E-state index contributed by atoms with van der Waals surface area (Å²) in [5, 5.41) is 0.883. The summed E-state index contributed by atoms with van der Waals surface area (Å²) < 4.78 is 16.0. The Balaban J connectivity index is 2.07. The fourth-order valence-corrected chi connectivity index (χ4v) is 3.89. The third-order valence-corrected chi connectivity index (χ3v) is 5.19. The van der Waals surface area contributed by atoms with Gasteiger partial charge in [-0.1, -0.05) is 30.3 Å². The molecule has 2 N–H and O–H groups in total. The van der Waals surface area contributed by atoms with E-state index in [0.29, 0.717) is 15.7 Å². The Bertz CT molecular complexity index is 976. The molecule has 3 rings (SSSR count). The van der Waals surface area contributed by atoms with Gasteiger partial charge in [-0.05, 0) is 39.7 Å². The molecule has 1 atom stereocenters. The summed E-state index contributed by atoms with van der Waals surface area (Å²) in [6.45, 7) is 0. The molecule has 2 amide bonds. The number of likely N-dealkylation sites (N-methyl/N-ethyl adjacent to an activating group) is 1. The van der Waals surface area contributed by atoms with E-state index in [1.165, 1.54) is 30.1 Å². The Hall–Kier alpha value is -2.67. The molecule has 1 heterocycles. The Kier molecular flexibility index (Phi) is 4.82. The number of amides is 2. The summed E-state index contributed by atoms with van der Waals surface area (Å²) >= 11 is 3.48. The number of nitrogens with zero attached hydrogens (tertiary/aromatic N) is 2. The van der Waals surface area contributed by atoms with Crippen molar-refractivity contribution in [3.05, 3.63) is 70.1 Å². The van der Waals surface area contributed by atoms with E-state index in [9.17, 15) is 14.0 Å². The molecule has 0 bridgehead atoms. The molecule has 0 fully saturated rings. The number of fused-ring (bicyclic) bond motifs is 1. The van der Waals surface area contributed by atoms with Crippen molar-refractivity contribution in [2.24, 2.45) is 12.8 Å². The number of hydrogen-bond donors (Lipinski definition) is 1. The first-order chi connectivity index (χ1) is 12.3. The number of aromatic nitrogens is 1. The number of carbonyl (C=O) groups excluding carboxylic acids is 2. The van der Waals surface area contributed by atoms with Crippen molar-refractivity contribution >= 4 is 38.6 Å². The van der Waals surface area contributed by atoms with Crippen molar-refractivity contribution in [3.8, 4) is 0 Å². The van der Waals surface area contributed by atoms with Crippen LogP contribution in [-0.4, -0.2) is 28.3 Å². The molecule has 0 saturated heterocycles. The molecule has 5 nitrogen and oxygen atoms in total. The zero-order chi connectivity index (χ0) is 19.0. The molecule has 0 spiro atoms. The summed E-state index contributed by atoms with van der Waals surface area (Å²) in [7, 11) is 3.25. The van der Waals surface area contributed by atoms with E-state index >= 15 is 0 Å². The molecular weight excluding hydrogens is 401 g/mol. The highest BCUT2D eigenvalue weighted by Gasteiger charge is 2.31. The van der Waals surface area contributed by atoms with Crippen molar-refractivity contribution in [1.82, 2.24) is 9.47 Å². The first-order valence-electron chi connectivity index (χ1n) is 7.87. The van der Waals surface area contributed by atoms with Gasteiger partial charge in [-0.15, -0.1) is 0 Å². The SMILES string of the molecule is CN(C(=O)c1c(Br)c2ccccc2n1C)C(C(N)=O)c1cccc(F)c1. The second-order valence-electron chi connectivity index (χ2n) is 6.01. The van der Waals surface area contributed by atoms with E-state index in [2.05, 4.69) is 15.9 Å². The van der Waals surface area contributed by atoms with Gasteiger partial charge in [0.25, 0.3) is 5.91 Å². The van der Waals surface area contributed by atoms with Crippen LogP contribution in [0.5, 0.6) is 0 Å². The minimum Gasteiger partial charge on any atom is -0.368 e. The van der Waals surface area contributed by atoms with Gasteiger partial charge in [0.05, 0.1) is 4.47 Å². The van der Waals surface area contributed by atoms with E-state index in [4.69, 9.17) is 5.73 Å². The number of aryl methyl sites for hydroxylation is 1. The Morgan fingerprint density at radius 1 is 1.19 bits per heavy atom. The lowest BCUT2D eigenvalue weighted by molar-refractivity contribution is -0.122. The molecule has 26 heavy (non-hydrogen) atoms. The fourth-order valence-electron chi connectivity index (χ4n) is 3.12. The highest BCUT2D eigenvalue weighted by molar-refractivity contribution is 9.10. The highest BCUT2D eigenvalue weighted by atomic mass is 79.9. The number of para-hydroxylation sites is 1. The van der Waals surface area contributed by atoms with Crippen LogP contribution < -0.4 is 5.73 Å². The molecule has 0 aliphatic heterocycles. The maximum absolute atomic E-state index is 13.6. The predicted octanol–water partition coefficient (Wildman–Crippen LogP) is 3.38. The molecule has 3 aromatic rings. The number of benzene rings is 2. The largest absolute Gasteiger partial charge is 0.368 e. The smallest absolute Gasteiger partial charge is 0.272 e. The Morgan fingerprint density at radius 3 is 2.50 bits per heavy atom. The van der Waals surface area contributed by atoms with E-state index in [-0.39, 0.29) is 0 Å². The van der Waals surface area contributed by atoms with Gasteiger partial charge in [0, 0.05) is 25.0 Å². The predicted molar refractivity (Wildman–Crippen MR) is 101 cm³/mol. The van der Waals surface area contributed by atoms with E-state index in [0.717, 1.165) is 10.9 Å². The van der Waals surface area contributed by atoms with Crippen molar-refractivity contribution in [2.45, 2.75) is 6.04 Å². The van der Waals surface area contributed by atoms with Crippen molar-refractivity contribution in [2.75, 3.05) is 7.05 Å². The van der Waals surface area contributed by atoms with Crippen LogP contribution in [0.2, 0.25) is 0 Å². The van der Waals surface area contributed by atoms with Crippen LogP contribution in [0.25, 0.3) is 10.9 Å². The van der Waals surface area contributed by atoms with Gasteiger partial charge in [0.1, 0.15) is 17.6 Å². The molecule has 0 aliphatic carbocycles. The molecule has 0 radical (unpaired) electrons. The minimum absolute atomic E-state index is 0.322. The summed E-state index contributed by atoms with van der Waals surface area (Å²) in [6.07, 6.45) is 0. The highest BCUT2D eigenvalue weighted by Crippen LogP contribution is 2.32. The summed E-state index contributed by atoms with van der Waals surface area (Å²) in [5.74, 6) is -1.63. The zero-order valence-electron chi connectivity index (χ0n) is 14.2. The minimum atomic E-state index is -1.08. The maximum atomic E-state index is 13.6. The topological polar surface area (TPSA) is 68.3 Å². The third-order valence-electron chi connectivity index (χ3n) is 4.39. The monoisotopic (exact) mass is 417 g/mol. The molecule has 0 aliphatic rings. The number of carbonyl (C=O) groups is 2. The maximum Gasteiger partial charge on any atom is 0.272 e. The van der Waals surface area contributed by atoms with E-state index in [1.807, 2.05) is 24.3 Å². The van der Waals surface area contributed by atoms with E-state index < -0.39 is 23.7 Å². The van der Waals surface area contributed by atoms with Crippen LogP contribution in [0.3, 0.4) is 0 Å². The van der Waals surface area contributed by atoms with Crippen molar-refractivity contribution in [3.63, 3.8) is 0 Å². The number of primary amides is 1. The quantitative estimate of drug-likeness (QED) is 0.706. The second-order valence-corrected chi connectivity index (χ2v) is 6.81. The average molecular weight is 418 g/mol. The summed E-state index contributed by atoms with van der Waals surface area (Å²) in [5.41, 5.74) is 7.09. The third kappa shape index (κ3) is 2.99. The van der Waals surface area contributed by atoms with Gasteiger partial charge in [0.2, 0.25) is 5.91 Å². The van der Waals surface area contributed by atoms with Crippen molar-refractivity contribution in [1.29, 1.82) is 0 Å². The molecular formula is C19H17BrFN3O2. The number of nitrogens with two attached hydrogens (primary N) is 1. The van der Waals surface area contributed by atoms with Crippen LogP contribution >= 0.6 is 15.9 Å². The lowest BCUT2D eigenvalue weighted by atomic mass is 10.0. The first-order valence-corrected chi connectivity index (χ1v) is 8.67. The van der Waals surface area contributed by atoms with Gasteiger partial charge in [-0.2, -0.15) is 0 Å². The molecule has 1 aromatic heterocycles. The zero-order valence-corrected chi connectivity index (χ0v) is 15.8. The first kappa shape index (κ1) is 18.1. The van der Waals surface area contributed by atoms with Gasteiger partial charge >= 0.3 is 0 Å². The lowest BCUT2D eigenvalue weighted by Crippen LogP contribution is -2.40. The van der Waals surface area contributed by atoms with Gasteiger partial charge in [-0.25, -0.2) is 4.39 Å². The van der Waals surface area contributed by atoms with Gasteiger partial charge in [-0.3, -0.25) is 9.59 Å². The molecule has 7 heteroatoms. The molecule has 0 saturated carbocycles. The molecule has 2 aromatic carbocycles.